The summed E-state index contributed by atoms with van der Waals surface area (Å²) in [5.41, 5.74) is 10.2. The number of anilines is 2. The summed E-state index contributed by atoms with van der Waals surface area (Å²) in [5.74, 6) is -0.121. The van der Waals surface area contributed by atoms with Gasteiger partial charge in [-0.25, -0.2) is 14.4 Å². The number of carbonyl (C=O) groups is 1. The molecule has 2 aromatic heterocycles. The third-order valence-electron chi connectivity index (χ3n) is 5.42. The number of nitrogens with zero attached hydrogens (tertiary/aromatic N) is 3. The molecule has 1 aromatic carbocycles. The second kappa shape index (κ2) is 7.96. The molecule has 1 aliphatic carbocycles. The molecule has 31 heavy (non-hydrogen) atoms. The lowest BCUT2D eigenvalue weighted by molar-refractivity contribution is -0.122. The van der Waals surface area contributed by atoms with Gasteiger partial charge in [-0.1, -0.05) is 18.2 Å². The van der Waals surface area contributed by atoms with Gasteiger partial charge in [-0.3, -0.25) is 4.79 Å². The number of nitrogens with two attached hydrogens (primary N) is 1. The molecule has 0 saturated heterocycles. The van der Waals surface area contributed by atoms with Crippen molar-refractivity contribution in [3.05, 3.63) is 59.3 Å². The summed E-state index contributed by atoms with van der Waals surface area (Å²) >= 11 is 0. The Morgan fingerprint density at radius 1 is 1.29 bits per heavy atom. The van der Waals surface area contributed by atoms with Crippen LogP contribution in [0.5, 0.6) is 0 Å². The number of halogens is 1. The third kappa shape index (κ3) is 3.82. The summed E-state index contributed by atoms with van der Waals surface area (Å²) in [4.78, 5) is 21.2. The summed E-state index contributed by atoms with van der Waals surface area (Å²) in [6.07, 6.45) is 4.36. The summed E-state index contributed by atoms with van der Waals surface area (Å²) in [7, 11) is 1.90. The molecule has 7 nitrogen and oxygen atoms in total. The molecule has 0 radical (unpaired) electrons. The minimum absolute atomic E-state index is 0.0126. The number of hydrogen-bond donors (Lipinski definition) is 3. The minimum atomic E-state index is -1.56. The predicted molar refractivity (Wildman–Crippen MR) is 119 cm³/mol. The fourth-order valence-electron chi connectivity index (χ4n) is 3.91. The van der Waals surface area contributed by atoms with Gasteiger partial charge in [-0.2, -0.15) is 0 Å². The van der Waals surface area contributed by atoms with Crippen LogP contribution in [0.15, 0.2) is 47.9 Å². The highest BCUT2D eigenvalue weighted by atomic mass is 19.1. The Balaban J connectivity index is 1.63. The summed E-state index contributed by atoms with van der Waals surface area (Å²) in [6.45, 7) is 3.71. The topological polar surface area (TPSA) is 106 Å². The molecule has 1 amide bonds. The molecule has 1 aliphatic rings. The summed E-state index contributed by atoms with van der Waals surface area (Å²) in [6, 6.07) is 5.40. The third-order valence-corrected chi connectivity index (χ3v) is 5.42. The number of amides is 1. The van der Waals surface area contributed by atoms with Crippen molar-refractivity contribution in [3.8, 4) is 11.1 Å². The highest BCUT2D eigenvalue weighted by Gasteiger charge is 2.24. The lowest BCUT2D eigenvalue weighted by Crippen LogP contribution is -2.29. The van der Waals surface area contributed by atoms with Crippen LogP contribution in [0, 0.1) is 13.8 Å². The van der Waals surface area contributed by atoms with Crippen LogP contribution >= 0.6 is 0 Å². The molecular weight excluding hydrogens is 397 g/mol. The van der Waals surface area contributed by atoms with Gasteiger partial charge in [0.05, 0.1) is 5.39 Å². The molecule has 0 spiro atoms. The van der Waals surface area contributed by atoms with E-state index in [0.29, 0.717) is 23.8 Å². The highest BCUT2D eigenvalue weighted by Crippen LogP contribution is 2.35. The average Bonchev–Trinajstić information content (AvgIpc) is 3.04. The van der Waals surface area contributed by atoms with E-state index in [4.69, 9.17) is 5.73 Å². The van der Waals surface area contributed by atoms with Crippen molar-refractivity contribution in [2.24, 2.45) is 7.05 Å². The van der Waals surface area contributed by atoms with Crippen LogP contribution in [0.3, 0.4) is 0 Å². The fraction of sp³-hybridized carbons (Fsp3) is 0.261. The first-order valence-electron chi connectivity index (χ1n) is 10.0. The smallest absolute Gasteiger partial charge is 0.257 e. The van der Waals surface area contributed by atoms with Gasteiger partial charge < -0.3 is 20.7 Å². The SMILES string of the molecule is Cc1nc(N)c2c(-c3ccc(NC(=O)C(O)C4=C(F)CCC=C4)cc3C)cn(C)c2n1. The average molecular weight is 421 g/mol. The first-order chi connectivity index (χ1) is 14.8. The van der Waals surface area contributed by atoms with Gasteiger partial charge in [0.25, 0.3) is 5.91 Å². The van der Waals surface area contributed by atoms with Crippen LogP contribution in [0.25, 0.3) is 22.2 Å². The Labute approximate surface area is 179 Å². The number of carbonyl (C=O) groups excluding carboxylic acids is 1. The number of fused-ring (bicyclic) bond motifs is 1. The largest absolute Gasteiger partial charge is 0.383 e. The molecule has 160 valence electrons. The van der Waals surface area contributed by atoms with Crippen molar-refractivity contribution in [2.75, 3.05) is 11.1 Å². The number of benzene rings is 1. The van der Waals surface area contributed by atoms with Crippen LogP contribution in [0.2, 0.25) is 0 Å². The summed E-state index contributed by atoms with van der Waals surface area (Å²) < 4.78 is 15.9. The number of aliphatic hydroxyl groups excluding tert-OH is 1. The second-order valence-electron chi connectivity index (χ2n) is 7.73. The van der Waals surface area contributed by atoms with Crippen LogP contribution in [0.1, 0.15) is 24.2 Å². The molecular formula is C23H24FN5O2. The second-order valence-corrected chi connectivity index (χ2v) is 7.73. The zero-order valence-corrected chi connectivity index (χ0v) is 17.6. The van der Waals surface area contributed by atoms with Gasteiger partial charge in [0.2, 0.25) is 0 Å². The molecule has 0 saturated carbocycles. The van der Waals surface area contributed by atoms with Gasteiger partial charge >= 0.3 is 0 Å². The maximum atomic E-state index is 14.0. The van der Waals surface area contributed by atoms with Crippen LogP contribution < -0.4 is 11.1 Å². The van der Waals surface area contributed by atoms with E-state index in [1.165, 1.54) is 6.08 Å². The molecule has 4 rings (SSSR count). The Bertz CT molecular complexity index is 1260. The molecule has 4 N–H and O–H groups in total. The molecule has 0 aliphatic heterocycles. The lowest BCUT2D eigenvalue weighted by Gasteiger charge is -2.16. The molecule has 1 unspecified atom stereocenters. The normalized spacial score (nSPS) is 14.9. The van der Waals surface area contributed by atoms with Crippen molar-refractivity contribution in [2.45, 2.75) is 32.8 Å². The molecule has 3 aromatic rings. The number of rotatable bonds is 4. The Hall–Kier alpha value is -3.52. The van der Waals surface area contributed by atoms with Gasteiger partial charge in [0.15, 0.2) is 6.10 Å². The van der Waals surface area contributed by atoms with Crippen LogP contribution in [-0.4, -0.2) is 31.7 Å². The zero-order chi connectivity index (χ0) is 22.3. The molecule has 1 atom stereocenters. The van der Waals surface area contributed by atoms with E-state index in [1.807, 2.05) is 30.8 Å². The van der Waals surface area contributed by atoms with Crippen molar-refractivity contribution in [1.82, 2.24) is 14.5 Å². The Morgan fingerprint density at radius 2 is 2.06 bits per heavy atom. The van der Waals surface area contributed by atoms with E-state index in [-0.39, 0.29) is 12.0 Å². The van der Waals surface area contributed by atoms with Crippen molar-refractivity contribution < 1.29 is 14.3 Å². The Morgan fingerprint density at radius 3 is 2.77 bits per heavy atom. The number of hydrogen-bond acceptors (Lipinski definition) is 5. The van der Waals surface area contributed by atoms with Crippen molar-refractivity contribution in [1.29, 1.82) is 0 Å². The fourth-order valence-corrected chi connectivity index (χ4v) is 3.91. The number of aromatic nitrogens is 3. The molecule has 8 heteroatoms. The van der Waals surface area contributed by atoms with E-state index >= 15 is 0 Å². The minimum Gasteiger partial charge on any atom is -0.383 e. The van der Waals surface area contributed by atoms with Crippen LogP contribution in [-0.2, 0) is 11.8 Å². The Kier molecular flexibility index (Phi) is 5.32. The quantitative estimate of drug-likeness (QED) is 0.596. The monoisotopic (exact) mass is 421 g/mol. The van der Waals surface area contributed by atoms with Crippen molar-refractivity contribution in [3.63, 3.8) is 0 Å². The zero-order valence-electron chi connectivity index (χ0n) is 17.6. The first kappa shape index (κ1) is 20.7. The molecule has 0 bridgehead atoms. The van der Waals surface area contributed by atoms with Gasteiger partial charge in [-0.05, 0) is 43.5 Å². The number of nitrogen functional groups attached to an aromatic ring is 1. The number of allylic oxidation sites excluding steroid dienone is 2. The predicted octanol–water partition coefficient (Wildman–Crippen LogP) is 3.71. The first-order valence-corrected chi connectivity index (χ1v) is 10.0. The standard InChI is InChI=1S/C23H24FN5O2/c1-12-10-14(28-23(31)20(30)16-6-4-5-7-18(16)24)8-9-15(12)17-11-29(3)22-19(17)21(25)26-13(2)27-22/h4,6,8-11,20,30H,5,7H2,1-3H3,(H,28,31)(H2,25,26,27). The lowest BCUT2D eigenvalue weighted by atomic mass is 9.99. The highest BCUT2D eigenvalue weighted by molar-refractivity contribution is 6.02. The maximum Gasteiger partial charge on any atom is 0.257 e. The van der Waals surface area contributed by atoms with Gasteiger partial charge in [0, 0.05) is 36.5 Å². The van der Waals surface area contributed by atoms with E-state index in [0.717, 1.165) is 27.7 Å². The van der Waals surface area contributed by atoms with E-state index < -0.39 is 17.8 Å². The molecule has 0 fully saturated rings. The molecule has 2 heterocycles. The number of nitrogens with one attached hydrogen (secondary N) is 1. The van der Waals surface area contributed by atoms with E-state index in [2.05, 4.69) is 15.3 Å². The maximum absolute atomic E-state index is 14.0. The summed E-state index contributed by atoms with van der Waals surface area (Å²) in [5, 5.41) is 13.7. The number of aliphatic hydroxyl groups is 1. The number of aryl methyl sites for hydroxylation is 3. The van der Waals surface area contributed by atoms with Gasteiger partial charge in [-0.15, -0.1) is 0 Å². The van der Waals surface area contributed by atoms with Gasteiger partial charge in [0.1, 0.15) is 23.1 Å². The van der Waals surface area contributed by atoms with Crippen molar-refractivity contribution >= 4 is 28.4 Å². The van der Waals surface area contributed by atoms with E-state index in [9.17, 15) is 14.3 Å². The van der Waals surface area contributed by atoms with Crippen LogP contribution in [0.4, 0.5) is 15.9 Å². The van der Waals surface area contributed by atoms with E-state index in [1.54, 1.807) is 25.1 Å².